The molecule has 0 saturated heterocycles. The third-order valence-corrected chi connectivity index (χ3v) is 5.18. The number of imide groups is 1. The number of likely N-dealkylation sites (N-methyl/N-ethyl adjacent to an activating group) is 1. The van der Waals surface area contributed by atoms with E-state index in [1.165, 1.54) is 6.26 Å². The highest BCUT2D eigenvalue weighted by Crippen LogP contribution is 2.28. The van der Waals surface area contributed by atoms with Crippen LogP contribution in [-0.4, -0.2) is 35.4 Å². The minimum Gasteiger partial charge on any atom is -0.467 e. The quantitative estimate of drug-likeness (QED) is 0.695. The van der Waals surface area contributed by atoms with Gasteiger partial charge in [-0.1, -0.05) is 12.1 Å². The number of thiazole rings is 1. The highest BCUT2D eigenvalue weighted by Gasteiger charge is 2.19. The molecule has 2 N–H and O–H groups in total. The lowest BCUT2D eigenvalue weighted by Crippen LogP contribution is -2.43. The molecule has 0 fully saturated rings. The van der Waals surface area contributed by atoms with E-state index in [0.717, 1.165) is 15.2 Å². The maximum absolute atomic E-state index is 12.1. The van der Waals surface area contributed by atoms with E-state index in [4.69, 9.17) is 4.42 Å². The molecule has 26 heavy (non-hydrogen) atoms. The molecule has 0 saturated carbocycles. The third kappa shape index (κ3) is 4.47. The summed E-state index contributed by atoms with van der Waals surface area (Å²) in [6.45, 7) is 2.30. The zero-order valence-electron chi connectivity index (χ0n) is 14.6. The number of hydrogen-bond donors (Lipinski definition) is 2. The van der Waals surface area contributed by atoms with E-state index in [-0.39, 0.29) is 25.0 Å². The Labute approximate surface area is 155 Å². The minimum atomic E-state index is -0.549. The Bertz CT molecular complexity index is 858. The molecule has 136 valence electrons. The number of nitrogens with zero attached hydrogens (tertiary/aromatic N) is 2. The summed E-state index contributed by atoms with van der Waals surface area (Å²) in [5.41, 5.74) is 0.953. The average molecular weight is 372 g/mol. The second kappa shape index (κ2) is 8.11. The first kappa shape index (κ1) is 18.1. The van der Waals surface area contributed by atoms with Crippen LogP contribution in [0.4, 0.5) is 4.79 Å². The number of urea groups is 1. The van der Waals surface area contributed by atoms with Gasteiger partial charge in [0.05, 0.1) is 35.6 Å². The number of fused-ring (bicyclic) bond motifs is 1. The van der Waals surface area contributed by atoms with Crippen molar-refractivity contribution < 1.29 is 14.0 Å². The van der Waals surface area contributed by atoms with Gasteiger partial charge in [0.1, 0.15) is 10.8 Å². The molecule has 2 aromatic heterocycles. The lowest BCUT2D eigenvalue weighted by atomic mass is 10.3. The Morgan fingerprint density at radius 3 is 2.81 bits per heavy atom. The van der Waals surface area contributed by atoms with Gasteiger partial charge < -0.3 is 9.73 Å². The first-order valence-electron chi connectivity index (χ1n) is 8.18. The Hall–Kier alpha value is -2.71. The van der Waals surface area contributed by atoms with Crippen molar-refractivity contribution in [1.82, 2.24) is 20.5 Å². The van der Waals surface area contributed by atoms with Gasteiger partial charge in [-0.3, -0.25) is 15.0 Å². The highest BCUT2D eigenvalue weighted by atomic mass is 32.1. The molecule has 0 aliphatic carbocycles. The van der Waals surface area contributed by atoms with Crippen LogP contribution in [0.2, 0.25) is 0 Å². The summed E-state index contributed by atoms with van der Waals surface area (Å²) in [5, 5.41) is 5.83. The van der Waals surface area contributed by atoms with Crippen LogP contribution in [0.25, 0.3) is 10.2 Å². The molecule has 8 heteroatoms. The fourth-order valence-electron chi connectivity index (χ4n) is 2.41. The number of aromatic nitrogens is 1. The predicted octanol–water partition coefficient (Wildman–Crippen LogP) is 2.91. The number of carbonyl (C=O) groups excluding carboxylic acids is 2. The van der Waals surface area contributed by atoms with E-state index >= 15 is 0 Å². The van der Waals surface area contributed by atoms with Crippen molar-refractivity contribution in [3.05, 3.63) is 53.4 Å². The Morgan fingerprint density at radius 2 is 2.08 bits per heavy atom. The monoisotopic (exact) mass is 372 g/mol. The molecular weight excluding hydrogens is 352 g/mol. The van der Waals surface area contributed by atoms with E-state index in [1.54, 1.807) is 23.5 Å². The summed E-state index contributed by atoms with van der Waals surface area (Å²) in [5.74, 6) is 0.242. The number of amides is 3. The molecule has 0 spiro atoms. The van der Waals surface area contributed by atoms with Crippen LogP contribution >= 0.6 is 11.3 Å². The second-order valence-corrected chi connectivity index (χ2v) is 6.98. The van der Waals surface area contributed by atoms with Gasteiger partial charge in [0.15, 0.2) is 0 Å². The average Bonchev–Trinajstić information content (AvgIpc) is 3.28. The number of rotatable bonds is 6. The van der Waals surface area contributed by atoms with Crippen LogP contribution < -0.4 is 10.6 Å². The standard InChI is InChI=1S/C18H20N4O3S/c1-12(17-20-14-7-3-4-8-15(14)26-17)22(2)11-16(23)21-18(24)19-10-13-6-5-9-25-13/h3-9,12H,10-11H2,1-2H3,(H2,19,21,23,24)/t12-/m0/s1. The first-order chi connectivity index (χ1) is 12.5. The minimum absolute atomic E-state index is 0.0377. The molecule has 0 unspecified atom stereocenters. The Kier molecular flexibility index (Phi) is 5.65. The van der Waals surface area contributed by atoms with Crippen molar-refractivity contribution in [3.63, 3.8) is 0 Å². The van der Waals surface area contributed by atoms with Crippen molar-refractivity contribution >= 4 is 33.5 Å². The number of hydrogen-bond acceptors (Lipinski definition) is 6. The van der Waals surface area contributed by atoms with Crippen molar-refractivity contribution in [3.8, 4) is 0 Å². The molecule has 3 rings (SSSR count). The van der Waals surface area contributed by atoms with E-state index in [0.29, 0.717) is 5.76 Å². The molecule has 3 amide bonds. The number of carbonyl (C=O) groups is 2. The highest BCUT2D eigenvalue weighted by molar-refractivity contribution is 7.18. The number of nitrogens with one attached hydrogen (secondary N) is 2. The number of benzene rings is 1. The molecule has 1 atom stereocenters. The van der Waals surface area contributed by atoms with Gasteiger partial charge in [0, 0.05) is 0 Å². The maximum Gasteiger partial charge on any atom is 0.321 e. The van der Waals surface area contributed by atoms with E-state index in [9.17, 15) is 9.59 Å². The van der Waals surface area contributed by atoms with Gasteiger partial charge in [-0.15, -0.1) is 11.3 Å². The lowest BCUT2D eigenvalue weighted by molar-refractivity contribution is -0.121. The lowest BCUT2D eigenvalue weighted by Gasteiger charge is -2.22. The van der Waals surface area contributed by atoms with Crippen LogP contribution in [0.1, 0.15) is 23.7 Å². The Balaban J connectivity index is 1.50. The summed E-state index contributed by atoms with van der Waals surface area (Å²) in [6, 6.07) is 10.8. The molecular formula is C18H20N4O3S. The summed E-state index contributed by atoms with van der Waals surface area (Å²) in [4.78, 5) is 30.3. The van der Waals surface area contributed by atoms with Crippen molar-refractivity contribution in [2.45, 2.75) is 19.5 Å². The van der Waals surface area contributed by atoms with Crippen molar-refractivity contribution in [2.24, 2.45) is 0 Å². The second-order valence-electron chi connectivity index (χ2n) is 5.92. The van der Waals surface area contributed by atoms with Crippen LogP contribution in [0.15, 0.2) is 47.1 Å². The van der Waals surface area contributed by atoms with Gasteiger partial charge in [-0.05, 0) is 38.2 Å². The molecule has 0 radical (unpaired) electrons. The van der Waals surface area contributed by atoms with Gasteiger partial charge in [-0.25, -0.2) is 9.78 Å². The van der Waals surface area contributed by atoms with Crippen LogP contribution in [-0.2, 0) is 11.3 Å². The van der Waals surface area contributed by atoms with Gasteiger partial charge in [-0.2, -0.15) is 0 Å². The molecule has 1 aromatic carbocycles. The predicted molar refractivity (Wildman–Crippen MR) is 99.8 cm³/mol. The van der Waals surface area contributed by atoms with Crippen LogP contribution in [0, 0.1) is 0 Å². The van der Waals surface area contributed by atoms with Crippen LogP contribution in [0.3, 0.4) is 0 Å². The topological polar surface area (TPSA) is 87.5 Å². The normalized spacial score (nSPS) is 12.3. The molecule has 3 aromatic rings. The van der Waals surface area contributed by atoms with Gasteiger partial charge in [0.2, 0.25) is 5.91 Å². The first-order valence-corrected chi connectivity index (χ1v) is 9.00. The maximum atomic E-state index is 12.1. The summed E-state index contributed by atoms with van der Waals surface area (Å²) >= 11 is 1.61. The number of para-hydroxylation sites is 1. The SMILES string of the molecule is C[C@@H](c1nc2ccccc2s1)N(C)CC(=O)NC(=O)NCc1ccco1. The summed E-state index contributed by atoms with van der Waals surface area (Å²) < 4.78 is 6.23. The number of furan rings is 1. The fourth-order valence-corrected chi connectivity index (χ4v) is 3.50. The van der Waals surface area contributed by atoms with Crippen LogP contribution in [0.5, 0.6) is 0 Å². The zero-order valence-corrected chi connectivity index (χ0v) is 15.4. The van der Waals surface area contributed by atoms with Crippen molar-refractivity contribution in [2.75, 3.05) is 13.6 Å². The molecule has 0 bridgehead atoms. The largest absolute Gasteiger partial charge is 0.467 e. The third-order valence-electron chi connectivity index (χ3n) is 3.98. The smallest absolute Gasteiger partial charge is 0.321 e. The van der Waals surface area contributed by atoms with Gasteiger partial charge in [0.25, 0.3) is 0 Å². The molecule has 2 heterocycles. The van der Waals surface area contributed by atoms with Gasteiger partial charge >= 0.3 is 6.03 Å². The van der Waals surface area contributed by atoms with E-state index < -0.39 is 6.03 Å². The van der Waals surface area contributed by atoms with Crippen molar-refractivity contribution in [1.29, 1.82) is 0 Å². The zero-order chi connectivity index (χ0) is 18.5. The molecule has 0 aliphatic rings. The van der Waals surface area contributed by atoms with E-state index in [1.807, 2.05) is 43.1 Å². The fraction of sp³-hybridized carbons (Fsp3) is 0.278. The van der Waals surface area contributed by atoms with E-state index in [2.05, 4.69) is 15.6 Å². The molecule has 7 nitrogen and oxygen atoms in total. The Morgan fingerprint density at radius 1 is 1.27 bits per heavy atom. The molecule has 0 aliphatic heterocycles. The summed E-state index contributed by atoms with van der Waals surface area (Å²) in [7, 11) is 1.83. The summed E-state index contributed by atoms with van der Waals surface area (Å²) in [6.07, 6.45) is 1.53.